The molecule has 2 aromatic rings. The first-order valence-electron chi connectivity index (χ1n) is 8.12. The summed E-state index contributed by atoms with van der Waals surface area (Å²) in [4.78, 5) is 12.1. The van der Waals surface area contributed by atoms with E-state index in [1.165, 1.54) is 5.56 Å². The molecule has 0 aliphatic heterocycles. The molecule has 2 aromatic heterocycles. The molecular formula is C17H27N5O2. The Kier molecular flexibility index (Phi) is 5.31. The number of nitrogens with zero attached hydrogens (tertiary/aromatic N) is 4. The molecule has 0 saturated heterocycles. The fourth-order valence-corrected chi connectivity index (χ4v) is 2.89. The van der Waals surface area contributed by atoms with Crippen LogP contribution in [0, 0.1) is 27.7 Å². The summed E-state index contributed by atoms with van der Waals surface area (Å²) in [6.45, 7) is 9.81. The number of ether oxygens (including phenoxy) is 1. The van der Waals surface area contributed by atoms with Crippen molar-refractivity contribution in [3.8, 4) is 5.75 Å². The van der Waals surface area contributed by atoms with Gasteiger partial charge in [0.2, 0.25) is 0 Å². The van der Waals surface area contributed by atoms with Crippen LogP contribution < -0.4 is 10.1 Å². The molecule has 1 amide bonds. The number of rotatable bonds is 6. The molecule has 2 heterocycles. The summed E-state index contributed by atoms with van der Waals surface area (Å²) < 4.78 is 9.26. The number of aryl methyl sites for hydroxylation is 4. The number of hydrogen-bond donors (Lipinski definition) is 1. The number of carbonyl (C=O) groups is 1. The zero-order valence-corrected chi connectivity index (χ0v) is 15.6. The lowest BCUT2D eigenvalue weighted by Crippen LogP contribution is -2.37. The molecule has 1 atom stereocenters. The van der Waals surface area contributed by atoms with Crippen molar-refractivity contribution in [3.63, 3.8) is 0 Å². The third-order valence-electron chi connectivity index (χ3n) is 4.37. The molecule has 0 spiro atoms. The summed E-state index contributed by atoms with van der Waals surface area (Å²) in [5.41, 5.74) is 5.03. The number of nitrogens with one attached hydrogen (secondary N) is 1. The van der Waals surface area contributed by atoms with Crippen LogP contribution in [0.2, 0.25) is 0 Å². The van der Waals surface area contributed by atoms with Crippen LogP contribution in [0.5, 0.6) is 5.75 Å². The molecule has 2 rings (SSSR count). The van der Waals surface area contributed by atoms with Crippen molar-refractivity contribution >= 4 is 5.91 Å². The summed E-state index contributed by atoms with van der Waals surface area (Å²) in [7, 11) is 3.79. The molecule has 24 heavy (non-hydrogen) atoms. The van der Waals surface area contributed by atoms with Gasteiger partial charge in [-0.3, -0.25) is 14.2 Å². The predicted octanol–water partition coefficient (Wildman–Crippen LogP) is 1.51. The molecule has 7 nitrogen and oxygen atoms in total. The number of aromatic nitrogens is 4. The fourth-order valence-electron chi connectivity index (χ4n) is 2.89. The van der Waals surface area contributed by atoms with E-state index in [0.29, 0.717) is 5.75 Å². The van der Waals surface area contributed by atoms with Gasteiger partial charge < -0.3 is 10.1 Å². The molecular weight excluding hydrogens is 306 g/mol. The summed E-state index contributed by atoms with van der Waals surface area (Å²) in [6, 6.07) is 0.0128. The first-order valence-corrected chi connectivity index (χ1v) is 8.12. The first-order chi connectivity index (χ1) is 11.2. The highest BCUT2D eigenvalue weighted by molar-refractivity contribution is 5.77. The molecule has 0 saturated carbocycles. The van der Waals surface area contributed by atoms with Gasteiger partial charge in [-0.2, -0.15) is 10.2 Å². The van der Waals surface area contributed by atoms with E-state index in [1.807, 2.05) is 53.4 Å². The van der Waals surface area contributed by atoms with E-state index in [-0.39, 0.29) is 18.6 Å². The largest absolute Gasteiger partial charge is 0.480 e. The van der Waals surface area contributed by atoms with Crippen LogP contribution in [0.1, 0.15) is 35.3 Å². The van der Waals surface area contributed by atoms with Crippen LogP contribution in [0.4, 0.5) is 0 Å². The summed E-state index contributed by atoms with van der Waals surface area (Å²) in [5, 5.41) is 11.7. The lowest BCUT2D eigenvalue weighted by atomic mass is 10.1. The Morgan fingerprint density at radius 2 is 1.67 bits per heavy atom. The van der Waals surface area contributed by atoms with Crippen molar-refractivity contribution < 1.29 is 9.53 Å². The van der Waals surface area contributed by atoms with Gasteiger partial charge in [0, 0.05) is 25.8 Å². The SMILES string of the molecule is Cc1nn(C)c(C)c1C[C@@H](C)NC(=O)COc1c(C)nn(C)c1C. The van der Waals surface area contributed by atoms with Crippen LogP contribution in [0.15, 0.2) is 0 Å². The van der Waals surface area contributed by atoms with Crippen molar-refractivity contribution in [1.82, 2.24) is 24.9 Å². The smallest absolute Gasteiger partial charge is 0.258 e. The highest BCUT2D eigenvalue weighted by Crippen LogP contribution is 2.21. The average Bonchev–Trinajstić information content (AvgIpc) is 2.87. The van der Waals surface area contributed by atoms with Crippen molar-refractivity contribution in [2.75, 3.05) is 6.61 Å². The van der Waals surface area contributed by atoms with Crippen LogP contribution in [-0.2, 0) is 25.3 Å². The molecule has 0 bridgehead atoms. The lowest BCUT2D eigenvalue weighted by Gasteiger charge is -2.15. The van der Waals surface area contributed by atoms with Gasteiger partial charge in [-0.25, -0.2) is 0 Å². The molecule has 0 aliphatic rings. The third-order valence-corrected chi connectivity index (χ3v) is 4.37. The van der Waals surface area contributed by atoms with Gasteiger partial charge in [0.1, 0.15) is 5.69 Å². The second-order valence-electron chi connectivity index (χ2n) is 6.36. The average molecular weight is 333 g/mol. The van der Waals surface area contributed by atoms with Crippen LogP contribution in [0.25, 0.3) is 0 Å². The zero-order chi connectivity index (χ0) is 18.0. The second kappa shape index (κ2) is 7.07. The second-order valence-corrected chi connectivity index (χ2v) is 6.36. The molecule has 0 radical (unpaired) electrons. The Morgan fingerprint density at radius 3 is 2.17 bits per heavy atom. The van der Waals surface area contributed by atoms with Gasteiger partial charge in [-0.1, -0.05) is 0 Å². The first kappa shape index (κ1) is 18.0. The van der Waals surface area contributed by atoms with Gasteiger partial charge in [0.25, 0.3) is 5.91 Å². The molecule has 0 unspecified atom stereocenters. The Morgan fingerprint density at radius 1 is 1.08 bits per heavy atom. The normalized spacial score (nSPS) is 12.3. The van der Waals surface area contributed by atoms with Crippen molar-refractivity contribution in [1.29, 1.82) is 0 Å². The maximum absolute atomic E-state index is 12.1. The fraction of sp³-hybridized carbons (Fsp3) is 0.588. The van der Waals surface area contributed by atoms with E-state index < -0.39 is 0 Å². The van der Waals surface area contributed by atoms with Crippen molar-refractivity contribution in [2.24, 2.45) is 14.1 Å². The molecule has 132 valence electrons. The summed E-state index contributed by atoms with van der Waals surface area (Å²) in [6.07, 6.45) is 0.752. The third kappa shape index (κ3) is 3.77. The Hall–Kier alpha value is -2.31. The van der Waals surface area contributed by atoms with E-state index in [4.69, 9.17) is 4.74 Å². The van der Waals surface area contributed by atoms with E-state index in [1.54, 1.807) is 4.68 Å². The number of carbonyl (C=O) groups excluding carboxylic acids is 1. The Labute approximate surface area is 143 Å². The van der Waals surface area contributed by atoms with Crippen molar-refractivity contribution in [3.05, 3.63) is 28.3 Å². The van der Waals surface area contributed by atoms with E-state index >= 15 is 0 Å². The topological polar surface area (TPSA) is 74.0 Å². The zero-order valence-electron chi connectivity index (χ0n) is 15.6. The monoisotopic (exact) mass is 333 g/mol. The van der Waals surface area contributed by atoms with Gasteiger partial charge in [-0.05, 0) is 46.6 Å². The van der Waals surface area contributed by atoms with Crippen LogP contribution in [-0.4, -0.2) is 38.1 Å². The predicted molar refractivity (Wildman–Crippen MR) is 92.2 cm³/mol. The molecule has 7 heteroatoms. The maximum atomic E-state index is 12.1. The quantitative estimate of drug-likeness (QED) is 0.870. The molecule has 0 aromatic carbocycles. The minimum absolute atomic E-state index is 0.0112. The number of hydrogen-bond acceptors (Lipinski definition) is 4. The van der Waals surface area contributed by atoms with E-state index in [2.05, 4.69) is 15.5 Å². The minimum atomic E-state index is -0.135. The molecule has 0 fully saturated rings. The summed E-state index contributed by atoms with van der Waals surface area (Å²) in [5.74, 6) is 0.545. The molecule has 1 N–H and O–H groups in total. The standard InChI is InChI=1S/C17H27N5O2/c1-10(8-15-11(2)19-21(6)13(15)4)18-16(23)9-24-17-12(3)20-22(7)14(17)5/h10H,8-9H2,1-7H3,(H,18,23)/t10-/m1/s1. The van der Waals surface area contributed by atoms with Crippen molar-refractivity contribution in [2.45, 2.75) is 47.1 Å². The minimum Gasteiger partial charge on any atom is -0.480 e. The van der Waals surface area contributed by atoms with Gasteiger partial charge in [0.05, 0.1) is 11.4 Å². The molecule has 0 aliphatic carbocycles. The number of amides is 1. The highest BCUT2D eigenvalue weighted by Gasteiger charge is 2.16. The van der Waals surface area contributed by atoms with Crippen LogP contribution in [0.3, 0.4) is 0 Å². The maximum Gasteiger partial charge on any atom is 0.258 e. The van der Waals surface area contributed by atoms with Gasteiger partial charge in [0.15, 0.2) is 12.4 Å². The lowest BCUT2D eigenvalue weighted by molar-refractivity contribution is -0.123. The summed E-state index contributed by atoms with van der Waals surface area (Å²) >= 11 is 0. The van der Waals surface area contributed by atoms with Gasteiger partial charge >= 0.3 is 0 Å². The Bertz CT molecular complexity index is 745. The van der Waals surface area contributed by atoms with Crippen LogP contribution >= 0.6 is 0 Å². The highest BCUT2D eigenvalue weighted by atomic mass is 16.5. The van der Waals surface area contributed by atoms with E-state index in [9.17, 15) is 4.79 Å². The van der Waals surface area contributed by atoms with E-state index in [0.717, 1.165) is 29.2 Å². The van der Waals surface area contributed by atoms with Gasteiger partial charge in [-0.15, -0.1) is 0 Å². The Balaban J connectivity index is 1.90.